The van der Waals surface area contributed by atoms with Crippen LogP contribution in [0, 0.1) is 5.82 Å². The molecule has 13 heteroatoms. The van der Waals surface area contributed by atoms with E-state index in [1.807, 2.05) is 6.20 Å². The second-order valence-electron chi connectivity index (χ2n) is 10.0. The fourth-order valence-corrected chi connectivity index (χ4v) is 7.92. The lowest BCUT2D eigenvalue weighted by atomic mass is 10.1. The molecule has 39 heavy (non-hydrogen) atoms. The van der Waals surface area contributed by atoms with Gasteiger partial charge in [-0.3, -0.25) is 4.90 Å². The Morgan fingerprint density at radius 1 is 1.15 bits per heavy atom. The second kappa shape index (κ2) is 12.4. The first-order valence-electron chi connectivity index (χ1n) is 13.4. The second-order valence-corrected chi connectivity index (χ2v) is 13.2. The van der Waals surface area contributed by atoms with Gasteiger partial charge in [-0.05, 0) is 37.5 Å². The van der Waals surface area contributed by atoms with Gasteiger partial charge in [0.25, 0.3) is 10.0 Å². The summed E-state index contributed by atoms with van der Waals surface area (Å²) in [4.78, 5) is 13.1. The maximum atomic E-state index is 13.4. The zero-order valence-corrected chi connectivity index (χ0v) is 23.8. The third-order valence-corrected chi connectivity index (χ3v) is 10.8. The fraction of sp³-hybridized carbons (Fsp3) is 0.538. The smallest absolute Gasteiger partial charge is 0.254 e. The Kier molecular flexibility index (Phi) is 8.94. The molecule has 0 saturated carbocycles. The van der Waals surface area contributed by atoms with Crippen molar-refractivity contribution >= 4 is 26.5 Å². The standard InChI is InChI=1S/C26H36FN7O3S2/c1-20(21-4-6-22(27)7-5-21)34-19-29-15-23(34)17-31-10-12-33(13-11-31)39(35,36)25-16-30-26(38-25)32-9-2-3-24(18-32)37-14-8-28/h4-7,15-16,19-20,24H,2-3,8-14,17-18,28H2,1H3/t20-,24-/m1/s1. The number of hydrogen-bond acceptors (Lipinski definition) is 9. The van der Waals surface area contributed by atoms with Gasteiger partial charge >= 0.3 is 0 Å². The maximum Gasteiger partial charge on any atom is 0.254 e. The predicted molar refractivity (Wildman–Crippen MR) is 149 cm³/mol. The van der Waals surface area contributed by atoms with Crippen molar-refractivity contribution in [3.63, 3.8) is 0 Å². The molecular weight excluding hydrogens is 541 g/mol. The van der Waals surface area contributed by atoms with Gasteiger partial charge in [-0.25, -0.2) is 22.8 Å². The molecule has 2 aliphatic heterocycles. The maximum absolute atomic E-state index is 13.4. The van der Waals surface area contributed by atoms with E-state index in [1.165, 1.54) is 29.7 Å². The quantitative estimate of drug-likeness (QED) is 0.392. The Balaban J connectivity index is 1.18. The third kappa shape index (κ3) is 6.50. The van der Waals surface area contributed by atoms with E-state index >= 15 is 0 Å². The minimum absolute atomic E-state index is 0.00713. The number of ether oxygens (including phenoxy) is 1. The Bertz CT molecular complexity index is 1320. The van der Waals surface area contributed by atoms with E-state index in [4.69, 9.17) is 10.5 Å². The number of sulfonamides is 1. The molecule has 0 unspecified atom stereocenters. The largest absolute Gasteiger partial charge is 0.375 e. The molecule has 2 aromatic heterocycles. The van der Waals surface area contributed by atoms with Gasteiger partial charge in [0.15, 0.2) is 9.34 Å². The molecule has 0 bridgehead atoms. The number of hydrogen-bond donors (Lipinski definition) is 1. The number of benzene rings is 1. The van der Waals surface area contributed by atoms with E-state index < -0.39 is 10.0 Å². The van der Waals surface area contributed by atoms with Crippen molar-refractivity contribution in [1.29, 1.82) is 0 Å². The van der Waals surface area contributed by atoms with Crippen molar-refractivity contribution in [2.45, 2.75) is 42.7 Å². The van der Waals surface area contributed by atoms with E-state index in [1.54, 1.807) is 22.8 Å². The monoisotopic (exact) mass is 577 g/mol. The van der Waals surface area contributed by atoms with Crippen LogP contribution in [0.3, 0.4) is 0 Å². The summed E-state index contributed by atoms with van der Waals surface area (Å²) in [6, 6.07) is 6.52. The van der Waals surface area contributed by atoms with E-state index in [0.717, 1.165) is 35.8 Å². The number of anilines is 1. The highest BCUT2D eigenvalue weighted by Gasteiger charge is 2.32. The number of rotatable bonds is 10. The molecule has 4 heterocycles. The zero-order valence-electron chi connectivity index (χ0n) is 22.2. The number of piperazine rings is 1. The van der Waals surface area contributed by atoms with Crippen molar-refractivity contribution in [2.24, 2.45) is 5.73 Å². The van der Waals surface area contributed by atoms with Gasteiger partial charge in [0, 0.05) is 58.6 Å². The molecule has 2 atom stereocenters. The first-order valence-corrected chi connectivity index (χ1v) is 15.6. The molecule has 2 fully saturated rings. The van der Waals surface area contributed by atoms with E-state index in [-0.39, 0.29) is 22.2 Å². The average Bonchev–Trinajstić information content (AvgIpc) is 3.63. The number of aromatic nitrogens is 3. The molecule has 2 aliphatic rings. The van der Waals surface area contributed by atoms with Crippen molar-refractivity contribution in [2.75, 3.05) is 57.3 Å². The van der Waals surface area contributed by atoms with Crippen molar-refractivity contribution in [1.82, 2.24) is 23.7 Å². The van der Waals surface area contributed by atoms with Crippen LogP contribution in [0.5, 0.6) is 0 Å². The third-order valence-electron chi connectivity index (χ3n) is 7.42. The summed E-state index contributed by atoms with van der Waals surface area (Å²) in [5.41, 5.74) is 7.59. The van der Waals surface area contributed by atoms with Crippen molar-refractivity contribution < 1.29 is 17.5 Å². The summed E-state index contributed by atoms with van der Waals surface area (Å²) in [6.45, 7) is 7.33. The number of halogens is 1. The van der Waals surface area contributed by atoms with Gasteiger partial charge in [0.2, 0.25) is 0 Å². The number of thiazole rings is 1. The van der Waals surface area contributed by atoms with Gasteiger partial charge in [-0.1, -0.05) is 23.5 Å². The number of imidazole rings is 1. The first kappa shape index (κ1) is 28.1. The molecule has 212 valence electrons. The van der Waals surface area contributed by atoms with Gasteiger partial charge < -0.3 is 19.9 Å². The van der Waals surface area contributed by atoms with Crippen LogP contribution < -0.4 is 10.6 Å². The van der Waals surface area contributed by atoms with Gasteiger partial charge in [-0.15, -0.1) is 0 Å². The number of nitrogens with two attached hydrogens (primary N) is 1. The fourth-order valence-electron chi connectivity index (χ4n) is 5.19. The first-order chi connectivity index (χ1) is 18.8. The Morgan fingerprint density at radius 2 is 1.92 bits per heavy atom. The molecule has 3 aromatic rings. The molecule has 0 aliphatic carbocycles. The molecule has 0 spiro atoms. The van der Waals surface area contributed by atoms with E-state index in [0.29, 0.717) is 52.4 Å². The number of piperidine rings is 1. The Labute approximate surface area is 233 Å². The van der Waals surface area contributed by atoms with Gasteiger partial charge in [0.1, 0.15) is 5.82 Å². The molecule has 1 aromatic carbocycles. The lowest BCUT2D eigenvalue weighted by molar-refractivity contribution is 0.0488. The zero-order chi connectivity index (χ0) is 27.4. The van der Waals surface area contributed by atoms with Crippen LogP contribution in [-0.4, -0.2) is 90.7 Å². The average molecular weight is 578 g/mol. The summed E-state index contributed by atoms with van der Waals surface area (Å²) in [6.07, 6.45) is 7.16. The van der Waals surface area contributed by atoms with Gasteiger partial charge in [-0.2, -0.15) is 4.31 Å². The summed E-state index contributed by atoms with van der Waals surface area (Å²) in [7, 11) is -3.61. The van der Waals surface area contributed by atoms with Crippen LogP contribution >= 0.6 is 11.3 Å². The van der Waals surface area contributed by atoms with E-state index in [9.17, 15) is 12.8 Å². The summed E-state index contributed by atoms with van der Waals surface area (Å²) in [5, 5.41) is 0.719. The SMILES string of the molecule is C[C@H](c1ccc(F)cc1)n1cncc1CN1CCN(S(=O)(=O)c2cnc(N3CCC[C@@H](OCCN)C3)s2)CC1. The van der Waals surface area contributed by atoms with Crippen LogP contribution in [0.4, 0.5) is 9.52 Å². The molecule has 2 saturated heterocycles. The molecule has 0 amide bonds. The van der Waals surface area contributed by atoms with Crippen LogP contribution in [0.15, 0.2) is 47.2 Å². The minimum atomic E-state index is -3.61. The lowest BCUT2D eigenvalue weighted by Crippen LogP contribution is -2.48. The summed E-state index contributed by atoms with van der Waals surface area (Å²) >= 11 is 1.23. The molecular formula is C26H36FN7O3S2. The molecule has 0 radical (unpaired) electrons. The normalized spacial score (nSPS) is 20.4. The minimum Gasteiger partial charge on any atom is -0.375 e. The highest BCUT2D eigenvalue weighted by Crippen LogP contribution is 2.31. The van der Waals surface area contributed by atoms with Crippen LogP contribution in [0.1, 0.15) is 37.1 Å². The van der Waals surface area contributed by atoms with Crippen LogP contribution in [-0.2, 0) is 21.3 Å². The van der Waals surface area contributed by atoms with Crippen molar-refractivity contribution in [3.05, 3.63) is 60.1 Å². The summed E-state index contributed by atoms with van der Waals surface area (Å²) < 4.78 is 49.9. The topological polar surface area (TPSA) is 110 Å². The predicted octanol–water partition coefficient (Wildman–Crippen LogP) is 2.54. The molecule has 5 rings (SSSR count). The van der Waals surface area contributed by atoms with Crippen LogP contribution in [0.2, 0.25) is 0 Å². The Morgan fingerprint density at radius 3 is 2.67 bits per heavy atom. The van der Waals surface area contributed by atoms with E-state index in [2.05, 4.69) is 31.3 Å². The highest BCUT2D eigenvalue weighted by atomic mass is 32.2. The van der Waals surface area contributed by atoms with Crippen molar-refractivity contribution in [3.8, 4) is 0 Å². The Hall–Kier alpha value is -2.42. The summed E-state index contributed by atoms with van der Waals surface area (Å²) in [5.74, 6) is -0.257. The van der Waals surface area contributed by atoms with Gasteiger partial charge in [0.05, 0.1) is 37.0 Å². The molecule has 10 nitrogen and oxygen atoms in total. The van der Waals surface area contributed by atoms with Crippen LogP contribution in [0.25, 0.3) is 0 Å². The lowest BCUT2D eigenvalue weighted by Gasteiger charge is -2.34. The highest BCUT2D eigenvalue weighted by molar-refractivity contribution is 7.91. The molecule has 2 N–H and O–H groups in total. The number of nitrogens with zero attached hydrogens (tertiary/aromatic N) is 6.